The molecule has 2 N–H and O–H groups in total. The quantitative estimate of drug-likeness (QED) is 0.383. The maximum absolute atomic E-state index is 12.2. The highest BCUT2D eigenvalue weighted by molar-refractivity contribution is 14.1. The molecule has 8 heteroatoms. The predicted octanol–water partition coefficient (Wildman–Crippen LogP) is 2.63. The Bertz CT molecular complexity index is 900. The molecule has 140 valence electrons. The fourth-order valence-electron chi connectivity index (χ4n) is 2.32. The monoisotopic (exact) mass is 471 g/mol. The third-order valence-corrected chi connectivity index (χ3v) is 5.32. The molecule has 0 unspecified atom stereocenters. The second kappa shape index (κ2) is 7.65. The van der Waals surface area contributed by atoms with Crippen LogP contribution in [0.5, 0.6) is 5.75 Å². The molecule has 0 aliphatic heterocycles. The summed E-state index contributed by atoms with van der Waals surface area (Å²) in [7, 11) is 3.17. The van der Waals surface area contributed by atoms with Crippen molar-refractivity contribution in [1.29, 1.82) is 0 Å². The zero-order valence-electron chi connectivity index (χ0n) is 15.3. The van der Waals surface area contributed by atoms with Crippen LogP contribution < -0.4 is 19.3 Å². The van der Waals surface area contributed by atoms with Gasteiger partial charge in [-0.1, -0.05) is 19.9 Å². The number of hydrogen-bond donors (Lipinski definition) is 2. The van der Waals surface area contributed by atoms with Crippen LogP contribution in [0.15, 0.2) is 27.8 Å². The third kappa shape index (κ3) is 3.55. The van der Waals surface area contributed by atoms with Gasteiger partial charge in [-0.15, -0.1) is 0 Å². The van der Waals surface area contributed by atoms with Crippen molar-refractivity contribution in [1.82, 2.24) is 4.90 Å². The van der Waals surface area contributed by atoms with Crippen molar-refractivity contribution in [2.24, 2.45) is 5.92 Å². The van der Waals surface area contributed by atoms with Crippen molar-refractivity contribution in [3.63, 3.8) is 0 Å². The minimum atomic E-state index is -0.624. The molecule has 0 aliphatic rings. The Morgan fingerprint density at radius 3 is 2.31 bits per heavy atom. The fourth-order valence-corrected chi connectivity index (χ4v) is 3.17. The summed E-state index contributed by atoms with van der Waals surface area (Å²) >= 11 is 1.85. The van der Waals surface area contributed by atoms with E-state index in [9.17, 15) is 19.5 Å². The maximum Gasteiger partial charge on any atom is 0.257 e. The van der Waals surface area contributed by atoms with Gasteiger partial charge in [0.25, 0.3) is 16.8 Å². The lowest BCUT2D eigenvalue weighted by atomic mass is 10.0. The lowest BCUT2D eigenvalue weighted by molar-refractivity contribution is 0.0824. The molecule has 0 spiro atoms. The maximum atomic E-state index is 12.2. The lowest BCUT2D eigenvalue weighted by Gasteiger charge is -2.26. The van der Waals surface area contributed by atoms with Crippen LogP contribution in [0, 0.1) is 5.92 Å². The van der Waals surface area contributed by atoms with Crippen molar-refractivity contribution in [3.8, 4) is 5.75 Å². The van der Waals surface area contributed by atoms with Crippen LogP contribution >= 0.6 is 22.9 Å². The van der Waals surface area contributed by atoms with Crippen molar-refractivity contribution in [3.05, 3.63) is 44.2 Å². The Morgan fingerprint density at radius 1 is 1.15 bits per heavy atom. The summed E-state index contributed by atoms with van der Waals surface area (Å²) in [4.78, 5) is 37.7. The first kappa shape index (κ1) is 20.2. The number of anilines is 3. The second-order valence-electron chi connectivity index (χ2n) is 6.71. The van der Waals surface area contributed by atoms with Gasteiger partial charge in [-0.2, -0.15) is 0 Å². The Kier molecular flexibility index (Phi) is 5.94. The molecule has 2 aromatic rings. The van der Waals surface area contributed by atoms with E-state index in [1.807, 2.05) is 43.6 Å². The van der Waals surface area contributed by atoms with E-state index in [1.54, 1.807) is 26.2 Å². The first-order valence-corrected chi connectivity index (χ1v) is 9.13. The Balaban J connectivity index is 2.46. The zero-order chi connectivity index (χ0) is 19.8. The normalized spacial score (nSPS) is 12.3. The minimum Gasteiger partial charge on any atom is -0.505 e. The van der Waals surface area contributed by atoms with E-state index in [1.165, 1.54) is 14.1 Å². The van der Waals surface area contributed by atoms with E-state index in [0.717, 1.165) is 0 Å². The van der Waals surface area contributed by atoms with E-state index >= 15 is 0 Å². The highest BCUT2D eigenvalue weighted by atomic mass is 127. The summed E-state index contributed by atoms with van der Waals surface area (Å²) in [6.07, 6.45) is 0. The van der Waals surface area contributed by atoms with E-state index in [-0.39, 0.29) is 46.2 Å². The molecule has 2 aromatic carbocycles. The predicted molar refractivity (Wildman–Crippen MR) is 112 cm³/mol. The number of amides is 1. The summed E-state index contributed by atoms with van der Waals surface area (Å²) in [6.45, 7) is 5.94. The summed E-state index contributed by atoms with van der Waals surface area (Å²) in [5.74, 6) is -0.327. The van der Waals surface area contributed by atoms with Gasteiger partial charge in [0, 0.05) is 20.1 Å². The second-order valence-corrected chi connectivity index (χ2v) is 7.68. The van der Waals surface area contributed by atoms with Crippen molar-refractivity contribution in [2.75, 3.05) is 22.5 Å². The lowest BCUT2D eigenvalue weighted by Crippen LogP contribution is -2.40. The highest BCUT2D eigenvalue weighted by Crippen LogP contribution is 2.40. The number of benzene rings is 1. The number of aromatic hydroxyl groups is 1. The molecule has 0 radical (unpaired) electrons. The molecule has 0 heterocycles. The summed E-state index contributed by atoms with van der Waals surface area (Å²) < 4.78 is 1.42. The average molecular weight is 471 g/mol. The van der Waals surface area contributed by atoms with Gasteiger partial charge in [0.1, 0.15) is 11.4 Å². The smallest absolute Gasteiger partial charge is 0.257 e. The van der Waals surface area contributed by atoms with Crippen LogP contribution in [0.1, 0.15) is 31.1 Å². The average Bonchev–Trinajstić information content (AvgIpc) is 2.59. The van der Waals surface area contributed by atoms with E-state index < -0.39 is 10.9 Å². The van der Waals surface area contributed by atoms with E-state index in [0.29, 0.717) is 0 Å². The summed E-state index contributed by atoms with van der Waals surface area (Å²) in [5, 5.41) is 13.6. The fraction of sp³-hybridized carbons (Fsp3) is 0.389. The third-order valence-electron chi connectivity index (χ3n) is 4.32. The molecule has 1 atom stereocenters. The number of carbonyl (C=O) groups is 1. The zero-order valence-corrected chi connectivity index (χ0v) is 17.5. The number of para-hydroxylation sites is 1. The van der Waals surface area contributed by atoms with Gasteiger partial charge >= 0.3 is 0 Å². The number of nitrogens with one attached hydrogen (secondary N) is 1. The van der Waals surface area contributed by atoms with Crippen LogP contribution in [-0.2, 0) is 0 Å². The molecular weight excluding hydrogens is 449 g/mol. The minimum absolute atomic E-state index is 0.00269. The van der Waals surface area contributed by atoms with Gasteiger partial charge in [0.15, 0.2) is 5.75 Å². The number of carbonyl (C=O) groups excluding carboxylic acids is 1. The molecule has 0 fully saturated rings. The van der Waals surface area contributed by atoms with Crippen molar-refractivity contribution < 1.29 is 9.90 Å². The number of halogens is 1. The highest BCUT2D eigenvalue weighted by Gasteiger charge is 2.29. The van der Waals surface area contributed by atoms with Crippen LogP contribution in [-0.4, -0.2) is 36.1 Å². The molecule has 0 aromatic heterocycles. The van der Waals surface area contributed by atoms with Gasteiger partial charge in [-0.3, -0.25) is 17.5 Å². The number of rotatable bonds is 6. The molecule has 2 rings (SSSR count). The van der Waals surface area contributed by atoms with Gasteiger partial charge in [-0.05, 0) is 25.0 Å². The number of phenols is 1. The topological polar surface area (TPSA) is 89.9 Å². The molecular formula is C18H22IN3O4. The van der Waals surface area contributed by atoms with Crippen molar-refractivity contribution in [2.45, 2.75) is 26.8 Å². The summed E-state index contributed by atoms with van der Waals surface area (Å²) in [5.41, 5.74) is -0.401. The Hall–Kier alpha value is -2.10. The molecule has 1 amide bonds. The first-order valence-electron chi connectivity index (χ1n) is 8.17. The van der Waals surface area contributed by atoms with E-state index in [2.05, 4.69) is 5.32 Å². The van der Waals surface area contributed by atoms with E-state index in [4.69, 9.17) is 0 Å². The standard InChI is InChI=1S/C18H22IN3O4/c1-9(2)10(3)20-13-14(17(25)16(13)24)22(19)12-8-6-7-11(15(12)23)18(26)21(4)5/h6-10,20,23H,1-5H3/t10-/m0/s1. The SMILES string of the molecule is CC(C)[C@H](C)Nc1c(N(I)c2cccc(C(=O)N(C)C)c2O)c(=O)c1=O. The van der Waals surface area contributed by atoms with Gasteiger partial charge < -0.3 is 15.3 Å². The molecule has 0 saturated heterocycles. The number of nitrogens with zero attached hydrogens (tertiary/aromatic N) is 2. The van der Waals surface area contributed by atoms with Crippen LogP contribution in [0.3, 0.4) is 0 Å². The van der Waals surface area contributed by atoms with Crippen LogP contribution in [0.4, 0.5) is 17.1 Å². The largest absolute Gasteiger partial charge is 0.505 e. The van der Waals surface area contributed by atoms with Crippen molar-refractivity contribution >= 4 is 45.8 Å². The number of hydrogen-bond acceptors (Lipinski definition) is 6. The summed E-state index contributed by atoms with van der Waals surface area (Å²) in [6, 6.07) is 4.71. The van der Waals surface area contributed by atoms with Gasteiger partial charge in [0.2, 0.25) is 0 Å². The molecule has 7 nitrogen and oxygen atoms in total. The van der Waals surface area contributed by atoms with Gasteiger partial charge in [0.05, 0.1) is 34.1 Å². The molecule has 26 heavy (non-hydrogen) atoms. The number of phenolic OH excluding ortho intramolecular Hbond substituents is 1. The molecule has 0 aliphatic carbocycles. The van der Waals surface area contributed by atoms with Gasteiger partial charge in [-0.25, -0.2) is 0 Å². The Labute approximate surface area is 165 Å². The molecule has 0 bridgehead atoms. The van der Waals surface area contributed by atoms with Crippen LogP contribution in [0.2, 0.25) is 0 Å². The molecule has 0 saturated carbocycles. The first-order chi connectivity index (χ1) is 12.1. The van der Waals surface area contributed by atoms with Crippen LogP contribution in [0.25, 0.3) is 0 Å². The Morgan fingerprint density at radius 2 is 1.77 bits per heavy atom.